The van der Waals surface area contributed by atoms with Crippen LogP contribution < -0.4 is 0 Å². The van der Waals surface area contributed by atoms with Gasteiger partial charge in [0.15, 0.2) is 0 Å². The fraction of sp³-hybridized carbons (Fsp3) is 0.867. The zero-order valence-electron chi connectivity index (χ0n) is 13.2. The lowest BCUT2D eigenvalue weighted by Crippen LogP contribution is -2.59. The lowest BCUT2D eigenvalue weighted by Gasteiger charge is -2.45. The van der Waals surface area contributed by atoms with E-state index in [1.807, 2.05) is 32.5 Å². The lowest BCUT2D eigenvalue weighted by molar-refractivity contribution is 0.00352. The molecule has 21 heavy (non-hydrogen) atoms. The van der Waals surface area contributed by atoms with Gasteiger partial charge in [0.25, 0.3) is 0 Å². The number of nitriles is 1. The van der Waals surface area contributed by atoms with Gasteiger partial charge in [-0.1, -0.05) is 0 Å². The Kier molecular flexibility index (Phi) is 5.05. The molecule has 0 bridgehead atoms. The molecule has 2 aliphatic heterocycles. The Hall–Kier alpha value is -0.930. The SMILES string of the molecule is CC(C)(C)OC(=O)N1CCN(C2(C#N)CCSCC2)CC1. The molecule has 0 spiro atoms. The Morgan fingerprint density at radius 2 is 1.76 bits per heavy atom. The maximum absolute atomic E-state index is 12.1. The van der Waals surface area contributed by atoms with Crippen LogP contribution in [0.4, 0.5) is 4.79 Å². The third-order valence-electron chi connectivity index (χ3n) is 4.06. The van der Waals surface area contributed by atoms with E-state index in [0.29, 0.717) is 13.1 Å². The number of carbonyl (C=O) groups excluding carboxylic acids is 1. The summed E-state index contributed by atoms with van der Waals surface area (Å²) in [5.41, 5.74) is -0.770. The molecule has 0 unspecified atom stereocenters. The summed E-state index contributed by atoms with van der Waals surface area (Å²) < 4.78 is 5.41. The van der Waals surface area contributed by atoms with Crippen LogP contribution in [0.2, 0.25) is 0 Å². The van der Waals surface area contributed by atoms with Crippen LogP contribution in [0.3, 0.4) is 0 Å². The van der Waals surface area contributed by atoms with E-state index >= 15 is 0 Å². The Morgan fingerprint density at radius 1 is 1.19 bits per heavy atom. The average molecular weight is 311 g/mol. The lowest BCUT2D eigenvalue weighted by atomic mass is 9.91. The molecule has 0 atom stereocenters. The normalized spacial score (nSPS) is 23.4. The third kappa shape index (κ3) is 4.04. The van der Waals surface area contributed by atoms with Crippen molar-refractivity contribution in [2.45, 2.75) is 44.8 Å². The molecule has 0 aromatic carbocycles. The number of nitrogens with zero attached hydrogens (tertiary/aromatic N) is 3. The van der Waals surface area contributed by atoms with Crippen LogP contribution in [0.1, 0.15) is 33.6 Å². The van der Waals surface area contributed by atoms with E-state index in [9.17, 15) is 10.1 Å². The van der Waals surface area contributed by atoms with Gasteiger partial charge < -0.3 is 9.64 Å². The second-order valence-electron chi connectivity index (χ2n) is 6.71. The Bertz CT molecular complexity index is 414. The summed E-state index contributed by atoms with van der Waals surface area (Å²) in [6.07, 6.45) is 1.62. The van der Waals surface area contributed by atoms with Crippen LogP contribution in [0.15, 0.2) is 0 Å². The monoisotopic (exact) mass is 311 g/mol. The third-order valence-corrected chi connectivity index (χ3v) is 5.05. The number of piperazine rings is 1. The van der Waals surface area contributed by atoms with Crippen LogP contribution in [-0.2, 0) is 4.74 Å². The first-order chi connectivity index (χ1) is 9.86. The molecular formula is C15H25N3O2S. The topological polar surface area (TPSA) is 56.6 Å². The molecule has 2 heterocycles. The van der Waals surface area contributed by atoms with Gasteiger partial charge in [0.1, 0.15) is 11.1 Å². The van der Waals surface area contributed by atoms with Gasteiger partial charge in [0.05, 0.1) is 6.07 Å². The number of ether oxygens (including phenoxy) is 1. The van der Waals surface area contributed by atoms with Crippen molar-refractivity contribution in [3.63, 3.8) is 0 Å². The average Bonchev–Trinajstić information content (AvgIpc) is 2.46. The summed E-state index contributed by atoms with van der Waals surface area (Å²) in [6.45, 7) is 8.45. The number of thioether (sulfide) groups is 1. The highest BCUT2D eigenvalue weighted by molar-refractivity contribution is 7.99. The van der Waals surface area contributed by atoms with Gasteiger partial charge in [0, 0.05) is 26.2 Å². The quantitative estimate of drug-likeness (QED) is 0.744. The van der Waals surface area contributed by atoms with Gasteiger partial charge in [-0.05, 0) is 45.1 Å². The van der Waals surface area contributed by atoms with E-state index in [-0.39, 0.29) is 11.6 Å². The molecule has 0 saturated carbocycles. The van der Waals surface area contributed by atoms with Crippen LogP contribution >= 0.6 is 11.8 Å². The molecule has 118 valence electrons. The molecule has 6 heteroatoms. The fourth-order valence-electron chi connectivity index (χ4n) is 2.85. The second-order valence-corrected chi connectivity index (χ2v) is 7.93. The van der Waals surface area contributed by atoms with Crippen molar-refractivity contribution in [3.8, 4) is 6.07 Å². The van der Waals surface area contributed by atoms with Crippen molar-refractivity contribution in [1.82, 2.24) is 9.80 Å². The van der Waals surface area contributed by atoms with Crippen LogP contribution in [0, 0.1) is 11.3 Å². The summed E-state index contributed by atoms with van der Waals surface area (Å²) in [4.78, 5) is 16.1. The van der Waals surface area contributed by atoms with Crippen LogP contribution in [0.5, 0.6) is 0 Å². The predicted molar refractivity (Wildman–Crippen MR) is 84.3 cm³/mol. The molecule has 2 saturated heterocycles. The molecule has 0 aliphatic carbocycles. The Morgan fingerprint density at radius 3 is 2.24 bits per heavy atom. The van der Waals surface area contributed by atoms with Crippen molar-refractivity contribution in [2.24, 2.45) is 0 Å². The number of hydrogen-bond donors (Lipinski definition) is 0. The molecule has 0 aromatic rings. The van der Waals surface area contributed by atoms with E-state index in [4.69, 9.17) is 4.74 Å². The van der Waals surface area contributed by atoms with Gasteiger partial charge in [-0.25, -0.2) is 4.79 Å². The first-order valence-electron chi connectivity index (χ1n) is 7.58. The molecular weight excluding hydrogens is 286 g/mol. The van der Waals surface area contributed by atoms with E-state index in [2.05, 4.69) is 11.0 Å². The maximum Gasteiger partial charge on any atom is 0.410 e. The molecule has 0 radical (unpaired) electrons. The molecule has 1 amide bonds. The summed E-state index contributed by atoms with van der Waals surface area (Å²) in [6, 6.07) is 2.55. The first kappa shape index (κ1) is 16.4. The van der Waals surface area contributed by atoms with E-state index in [0.717, 1.165) is 37.4 Å². The molecule has 0 N–H and O–H groups in total. The van der Waals surface area contributed by atoms with Crippen LogP contribution in [-0.4, -0.2) is 64.7 Å². The summed E-state index contributed by atoms with van der Waals surface area (Å²) >= 11 is 1.93. The number of carbonyl (C=O) groups is 1. The predicted octanol–water partition coefficient (Wildman–Crippen LogP) is 2.33. The first-order valence-corrected chi connectivity index (χ1v) is 8.74. The minimum absolute atomic E-state index is 0.243. The van der Waals surface area contributed by atoms with Crippen molar-refractivity contribution in [1.29, 1.82) is 5.26 Å². The van der Waals surface area contributed by atoms with Gasteiger partial charge in [-0.3, -0.25) is 4.90 Å². The Labute approximate surface area is 131 Å². The van der Waals surface area contributed by atoms with Crippen molar-refractivity contribution >= 4 is 17.9 Å². The van der Waals surface area contributed by atoms with E-state index < -0.39 is 5.60 Å². The molecule has 2 fully saturated rings. The molecule has 0 aromatic heterocycles. The van der Waals surface area contributed by atoms with Crippen molar-refractivity contribution in [2.75, 3.05) is 37.7 Å². The fourth-order valence-corrected chi connectivity index (χ4v) is 4.02. The zero-order chi connectivity index (χ0) is 15.5. The van der Waals surface area contributed by atoms with Crippen LogP contribution in [0.25, 0.3) is 0 Å². The molecule has 2 rings (SSSR count). The minimum atomic E-state index is -0.456. The highest BCUT2D eigenvalue weighted by Gasteiger charge is 2.40. The smallest absolute Gasteiger partial charge is 0.410 e. The number of hydrogen-bond acceptors (Lipinski definition) is 5. The summed E-state index contributed by atoms with van der Waals surface area (Å²) in [5.74, 6) is 2.11. The van der Waals surface area contributed by atoms with Crippen molar-refractivity contribution in [3.05, 3.63) is 0 Å². The van der Waals surface area contributed by atoms with Gasteiger partial charge >= 0.3 is 6.09 Å². The summed E-state index contributed by atoms with van der Waals surface area (Å²) in [7, 11) is 0. The standard InChI is InChI=1S/C15H25N3O2S/c1-14(2,3)20-13(19)17-6-8-18(9-7-17)15(12-16)4-10-21-11-5-15/h4-11H2,1-3H3. The van der Waals surface area contributed by atoms with E-state index in [1.165, 1.54) is 0 Å². The summed E-state index contributed by atoms with van der Waals surface area (Å²) in [5, 5.41) is 9.62. The van der Waals surface area contributed by atoms with E-state index in [1.54, 1.807) is 4.90 Å². The number of amides is 1. The van der Waals surface area contributed by atoms with Gasteiger partial charge in [-0.15, -0.1) is 0 Å². The maximum atomic E-state index is 12.1. The largest absolute Gasteiger partial charge is 0.444 e. The zero-order valence-corrected chi connectivity index (χ0v) is 14.0. The number of rotatable bonds is 1. The molecule has 5 nitrogen and oxygen atoms in total. The highest BCUT2D eigenvalue weighted by Crippen LogP contribution is 2.32. The Balaban J connectivity index is 1.91. The van der Waals surface area contributed by atoms with Gasteiger partial charge in [0.2, 0.25) is 0 Å². The van der Waals surface area contributed by atoms with Crippen molar-refractivity contribution < 1.29 is 9.53 Å². The highest BCUT2D eigenvalue weighted by atomic mass is 32.2. The second kappa shape index (κ2) is 6.45. The van der Waals surface area contributed by atoms with Gasteiger partial charge in [-0.2, -0.15) is 17.0 Å². The molecule has 2 aliphatic rings. The minimum Gasteiger partial charge on any atom is -0.444 e.